The summed E-state index contributed by atoms with van der Waals surface area (Å²) in [5.74, 6) is 1.26. The molecular formula is C27H28N2O5. The quantitative estimate of drug-likeness (QED) is 0.547. The highest BCUT2D eigenvalue weighted by Gasteiger charge is 2.45. The molecule has 34 heavy (non-hydrogen) atoms. The van der Waals surface area contributed by atoms with Gasteiger partial charge >= 0.3 is 0 Å². The maximum absolute atomic E-state index is 13.4. The summed E-state index contributed by atoms with van der Waals surface area (Å²) in [5, 5.41) is 3.01. The number of hydrogen-bond donors (Lipinski definition) is 1. The van der Waals surface area contributed by atoms with Gasteiger partial charge in [0, 0.05) is 24.2 Å². The van der Waals surface area contributed by atoms with Crippen molar-refractivity contribution in [1.82, 2.24) is 5.32 Å². The molecule has 0 saturated carbocycles. The third kappa shape index (κ3) is 4.69. The molecule has 1 saturated heterocycles. The number of para-hydroxylation sites is 1. The number of methoxy groups -OCH3 is 3. The molecule has 0 bridgehead atoms. The van der Waals surface area contributed by atoms with Crippen LogP contribution in [0.1, 0.15) is 23.6 Å². The van der Waals surface area contributed by atoms with E-state index in [-0.39, 0.29) is 18.2 Å². The number of anilines is 1. The van der Waals surface area contributed by atoms with Crippen LogP contribution in [0.4, 0.5) is 5.69 Å². The zero-order valence-corrected chi connectivity index (χ0v) is 19.5. The van der Waals surface area contributed by atoms with E-state index in [1.807, 2.05) is 72.8 Å². The molecule has 0 unspecified atom stereocenters. The lowest BCUT2D eigenvalue weighted by atomic mass is 9.92. The fourth-order valence-corrected chi connectivity index (χ4v) is 4.36. The van der Waals surface area contributed by atoms with E-state index in [0.717, 1.165) is 11.1 Å². The Hall–Kier alpha value is -4.00. The van der Waals surface area contributed by atoms with Crippen molar-refractivity contribution < 1.29 is 23.8 Å². The Morgan fingerprint density at radius 2 is 1.50 bits per heavy atom. The molecule has 2 amide bonds. The van der Waals surface area contributed by atoms with Gasteiger partial charge in [-0.05, 0) is 48.0 Å². The monoisotopic (exact) mass is 460 g/mol. The van der Waals surface area contributed by atoms with Gasteiger partial charge in [-0.15, -0.1) is 0 Å². The van der Waals surface area contributed by atoms with Crippen molar-refractivity contribution in [3.8, 4) is 17.2 Å². The average molecular weight is 461 g/mol. The van der Waals surface area contributed by atoms with Crippen molar-refractivity contribution in [3.05, 3.63) is 83.9 Å². The van der Waals surface area contributed by atoms with Gasteiger partial charge in [-0.1, -0.05) is 30.3 Å². The molecule has 7 heteroatoms. The molecule has 1 heterocycles. The average Bonchev–Trinajstić information content (AvgIpc) is 3.24. The van der Waals surface area contributed by atoms with E-state index in [1.165, 1.54) is 0 Å². The number of hydrogen-bond acceptors (Lipinski definition) is 5. The summed E-state index contributed by atoms with van der Waals surface area (Å²) >= 11 is 0. The predicted octanol–water partition coefficient (Wildman–Crippen LogP) is 4.12. The Morgan fingerprint density at radius 1 is 0.882 bits per heavy atom. The van der Waals surface area contributed by atoms with Gasteiger partial charge in [-0.3, -0.25) is 9.59 Å². The SMILES string of the molecule is COc1ccc([C@@H]2[C@H](C(=O)NCc3ccccc3OC)CC(=O)N2c2ccc(OC)cc2)cc1. The van der Waals surface area contributed by atoms with Crippen LogP contribution in [0.5, 0.6) is 17.2 Å². The van der Waals surface area contributed by atoms with Crippen LogP contribution in [0.3, 0.4) is 0 Å². The molecule has 7 nitrogen and oxygen atoms in total. The number of ether oxygens (including phenoxy) is 3. The summed E-state index contributed by atoms with van der Waals surface area (Å²) in [6.45, 7) is 0.311. The van der Waals surface area contributed by atoms with Crippen LogP contribution in [0.15, 0.2) is 72.8 Å². The smallest absolute Gasteiger partial charge is 0.228 e. The van der Waals surface area contributed by atoms with Crippen molar-refractivity contribution in [2.75, 3.05) is 26.2 Å². The van der Waals surface area contributed by atoms with Gasteiger partial charge in [0.2, 0.25) is 11.8 Å². The maximum Gasteiger partial charge on any atom is 0.228 e. The van der Waals surface area contributed by atoms with E-state index >= 15 is 0 Å². The topological polar surface area (TPSA) is 77.1 Å². The van der Waals surface area contributed by atoms with E-state index in [0.29, 0.717) is 29.5 Å². The highest BCUT2D eigenvalue weighted by molar-refractivity contribution is 6.01. The minimum Gasteiger partial charge on any atom is -0.497 e. The second-order valence-electron chi connectivity index (χ2n) is 8.02. The predicted molar refractivity (Wildman–Crippen MR) is 129 cm³/mol. The van der Waals surface area contributed by atoms with Crippen LogP contribution in [-0.4, -0.2) is 33.1 Å². The molecule has 3 aromatic carbocycles. The van der Waals surface area contributed by atoms with Gasteiger partial charge in [0.1, 0.15) is 17.2 Å². The van der Waals surface area contributed by atoms with Gasteiger partial charge in [0.05, 0.1) is 33.3 Å². The molecule has 1 N–H and O–H groups in total. The Kier molecular flexibility index (Phi) is 7.01. The van der Waals surface area contributed by atoms with Crippen molar-refractivity contribution in [1.29, 1.82) is 0 Å². The van der Waals surface area contributed by atoms with Gasteiger partial charge in [-0.25, -0.2) is 0 Å². The van der Waals surface area contributed by atoms with Crippen LogP contribution < -0.4 is 24.4 Å². The summed E-state index contributed by atoms with van der Waals surface area (Å²) in [4.78, 5) is 28.3. The molecular weight excluding hydrogens is 432 g/mol. The number of nitrogens with zero attached hydrogens (tertiary/aromatic N) is 1. The minimum absolute atomic E-state index is 0.108. The van der Waals surface area contributed by atoms with E-state index in [4.69, 9.17) is 14.2 Å². The number of benzene rings is 3. The molecule has 4 rings (SSSR count). The summed E-state index contributed by atoms with van der Waals surface area (Å²) in [6, 6.07) is 21.9. The zero-order valence-electron chi connectivity index (χ0n) is 19.5. The molecule has 1 aliphatic heterocycles. The lowest BCUT2D eigenvalue weighted by Crippen LogP contribution is -2.35. The Morgan fingerprint density at radius 3 is 2.12 bits per heavy atom. The van der Waals surface area contributed by atoms with Crippen molar-refractivity contribution in [3.63, 3.8) is 0 Å². The first-order valence-electron chi connectivity index (χ1n) is 11.1. The first-order chi connectivity index (χ1) is 16.5. The van der Waals surface area contributed by atoms with Crippen LogP contribution in [0.25, 0.3) is 0 Å². The fourth-order valence-electron chi connectivity index (χ4n) is 4.36. The molecule has 0 aromatic heterocycles. The second kappa shape index (κ2) is 10.3. The van der Waals surface area contributed by atoms with Crippen LogP contribution >= 0.6 is 0 Å². The summed E-state index contributed by atoms with van der Waals surface area (Å²) in [5.41, 5.74) is 2.45. The molecule has 0 spiro atoms. The van der Waals surface area contributed by atoms with Crippen LogP contribution in [0, 0.1) is 5.92 Å². The lowest BCUT2D eigenvalue weighted by Gasteiger charge is -2.28. The summed E-state index contributed by atoms with van der Waals surface area (Å²) < 4.78 is 15.9. The minimum atomic E-state index is -0.558. The van der Waals surface area contributed by atoms with Crippen molar-refractivity contribution >= 4 is 17.5 Å². The normalized spacial score (nSPS) is 17.4. The first-order valence-corrected chi connectivity index (χ1v) is 11.1. The Bertz CT molecular complexity index is 1140. The maximum atomic E-state index is 13.4. The third-order valence-electron chi connectivity index (χ3n) is 6.11. The molecule has 3 aromatic rings. The molecule has 0 aliphatic carbocycles. The number of carbonyl (C=O) groups excluding carboxylic acids is 2. The van der Waals surface area contributed by atoms with Crippen molar-refractivity contribution in [2.24, 2.45) is 5.92 Å². The number of amides is 2. The van der Waals surface area contributed by atoms with Crippen LogP contribution in [0.2, 0.25) is 0 Å². The second-order valence-corrected chi connectivity index (χ2v) is 8.02. The number of nitrogens with one attached hydrogen (secondary N) is 1. The third-order valence-corrected chi connectivity index (χ3v) is 6.11. The molecule has 2 atom stereocenters. The number of rotatable bonds is 8. The van der Waals surface area contributed by atoms with Crippen molar-refractivity contribution in [2.45, 2.75) is 19.0 Å². The zero-order chi connectivity index (χ0) is 24.1. The Labute approximate surface area is 199 Å². The highest BCUT2D eigenvalue weighted by atomic mass is 16.5. The van der Waals surface area contributed by atoms with E-state index in [2.05, 4.69) is 5.32 Å². The van der Waals surface area contributed by atoms with Gasteiger partial charge in [-0.2, -0.15) is 0 Å². The molecule has 0 radical (unpaired) electrons. The Balaban J connectivity index is 1.64. The van der Waals surface area contributed by atoms with E-state index in [9.17, 15) is 9.59 Å². The molecule has 1 aliphatic rings. The van der Waals surface area contributed by atoms with E-state index < -0.39 is 12.0 Å². The number of carbonyl (C=O) groups is 2. The molecule has 1 fully saturated rings. The largest absolute Gasteiger partial charge is 0.497 e. The van der Waals surface area contributed by atoms with Gasteiger partial charge in [0.15, 0.2) is 0 Å². The van der Waals surface area contributed by atoms with E-state index in [1.54, 1.807) is 26.2 Å². The summed E-state index contributed by atoms with van der Waals surface area (Å²) in [6.07, 6.45) is 0.112. The fraction of sp³-hybridized carbons (Fsp3) is 0.259. The lowest BCUT2D eigenvalue weighted by molar-refractivity contribution is -0.127. The highest BCUT2D eigenvalue weighted by Crippen LogP contribution is 2.42. The standard InChI is InChI=1S/C27H28N2O5/c1-32-21-12-8-18(9-13-21)26-23(27(31)28-17-19-6-4-5-7-24(19)34-3)16-25(30)29(26)20-10-14-22(33-2)15-11-20/h4-15,23,26H,16-17H2,1-3H3,(H,28,31)/t23-,26-/m1/s1. The van der Waals surface area contributed by atoms with Gasteiger partial charge < -0.3 is 24.4 Å². The van der Waals surface area contributed by atoms with Gasteiger partial charge in [0.25, 0.3) is 0 Å². The molecule has 176 valence electrons. The first kappa shape index (κ1) is 23.2. The summed E-state index contributed by atoms with van der Waals surface area (Å²) in [7, 11) is 4.80. The van der Waals surface area contributed by atoms with Crippen LogP contribution in [-0.2, 0) is 16.1 Å².